The van der Waals surface area contributed by atoms with E-state index in [1.54, 1.807) is 0 Å². The molecule has 0 bridgehead atoms. The first-order valence-corrected chi connectivity index (χ1v) is 12.6. The highest BCUT2D eigenvalue weighted by atomic mass is 16.7. The van der Waals surface area contributed by atoms with E-state index in [4.69, 9.17) is 9.47 Å². The second-order valence-electron chi connectivity index (χ2n) is 9.96. The monoisotopic (exact) mass is 456 g/mol. The van der Waals surface area contributed by atoms with Gasteiger partial charge in [-0.3, -0.25) is 4.79 Å². The fourth-order valence-electron chi connectivity index (χ4n) is 5.75. The Morgan fingerprint density at radius 3 is 2.68 bits per heavy atom. The summed E-state index contributed by atoms with van der Waals surface area (Å²) in [5.74, 6) is 2.14. The Morgan fingerprint density at radius 2 is 1.76 bits per heavy atom. The third-order valence-corrected chi connectivity index (χ3v) is 7.63. The summed E-state index contributed by atoms with van der Waals surface area (Å²) >= 11 is 0. The Hall–Kier alpha value is -3.05. The molecule has 0 saturated carbocycles. The first-order valence-electron chi connectivity index (χ1n) is 12.6. The highest BCUT2D eigenvalue weighted by Crippen LogP contribution is 2.37. The van der Waals surface area contributed by atoms with Crippen LogP contribution in [0.4, 0.5) is 0 Å². The highest BCUT2D eigenvalue weighted by molar-refractivity contribution is 5.97. The van der Waals surface area contributed by atoms with E-state index in [0.29, 0.717) is 11.7 Å². The molecule has 0 aliphatic carbocycles. The van der Waals surface area contributed by atoms with Crippen LogP contribution >= 0.6 is 0 Å². The molecule has 3 aromatic rings. The lowest BCUT2D eigenvalue weighted by Gasteiger charge is -2.33. The molecule has 0 aromatic heterocycles. The second kappa shape index (κ2) is 9.30. The normalized spacial score (nSPS) is 20.4. The van der Waals surface area contributed by atoms with E-state index in [0.717, 1.165) is 62.4 Å². The summed E-state index contributed by atoms with van der Waals surface area (Å²) in [5.41, 5.74) is 3.28. The molecule has 5 heteroatoms. The summed E-state index contributed by atoms with van der Waals surface area (Å²) in [7, 11) is 0. The highest BCUT2D eigenvalue weighted by Gasteiger charge is 2.30. The molecule has 1 atom stereocenters. The van der Waals surface area contributed by atoms with Gasteiger partial charge in [0, 0.05) is 31.7 Å². The maximum atomic E-state index is 13.3. The first kappa shape index (κ1) is 21.5. The van der Waals surface area contributed by atoms with Gasteiger partial charge in [-0.2, -0.15) is 0 Å². The molecule has 34 heavy (non-hydrogen) atoms. The van der Waals surface area contributed by atoms with Crippen LogP contribution in [0, 0.1) is 5.92 Å². The van der Waals surface area contributed by atoms with Crippen molar-refractivity contribution in [1.29, 1.82) is 0 Å². The molecule has 3 heterocycles. The van der Waals surface area contributed by atoms with E-state index in [-0.39, 0.29) is 12.7 Å². The van der Waals surface area contributed by atoms with Crippen molar-refractivity contribution in [2.75, 3.05) is 39.5 Å². The van der Waals surface area contributed by atoms with Crippen LogP contribution in [0.2, 0.25) is 0 Å². The van der Waals surface area contributed by atoms with Crippen LogP contribution in [0.5, 0.6) is 11.5 Å². The van der Waals surface area contributed by atoms with Crippen molar-refractivity contribution in [1.82, 2.24) is 9.80 Å². The van der Waals surface area contributed by atoms with Crippen LogP contribution in [0.15, 0.2) is 54.6 Å². The van der Waals surface area contributed by atoms with E-state index in [9.17, 15) is 4.79 Å². The lowest BCUT2D eigenvalue weighted by Crippen LogP contribution is -2.43. The number of rotatable bonds is 5. The lowest BCUT2D eigenvalue weighted by molar-refractivity contribution is 0.0695. The maximum Gasteiger partial charge on any atom is 0.254 e. The van der Waals surface area contributed by atoms with Crippen LogP contribution in [0.1, 0.15) is 40.7 Å². The van der Waals surface area contributed by atoms with Crippen molar-refractivity contribution >= 4 is 16.7 Å². The van der Waals surface area contributed by atoms with Gasteiger partial charge < -0.3 is 19.3 Å². The molecule has 3 aliphatic heterocycles. The van der Waals surface area contributed by atoms with E-state index < -0.39 is 0 Å². The van der Waals surface area contributed by atoms with Gasteiger partial charge in [0.05, 0.1) is 0 Å². The third-order valence-electron chi connectivity index (χ3n) is 7.63. The van der Waals surface area contributed by atoms with Gasteiger partial charge in [0.25, 0.3) is 5.91 Å². The molecule has 3 aliphatic rings. The van der Waals surface area contributed by atoms with Gasteiger partial charge in [-0.1, -0.05) is 48.9 Å². The van der Waals surface area contributed by atoms with E-state index in [1.165, 1.54) is 35.6 Å². The summed E-state index contributed by atoms with van der Waals surface area (Å²) in [5, 5.41) is 2.62. The van der Waals surface area contributed by atoms with Gasteiger partial charge in [0.1, 0.15) is 0 Å². The predicted octanol–water partition coefficient (Wildman–Crippen LogP) is 4.91. The number of nitrogens with zero attached hydrogens (tertiary/aromatic N) is 2. The van der Waals surface area contributed by atoms with Crippen molar-refractivity contribution in [2.45, 2.75) is 32.1 Å². The SMILES string of the molecule is O=C1c2cc3c(cc2CCN1CC1CCCCN(CCc2ccc4ccccc4c2)C1)OCO3. The van der Waals surface area contributed by atoms with Gasteiger partial charge in [0.15, 0.2) is 11.5 Å². The van der Waals surface area contributed by atoms with Gasteiger partial charge in [0.2, 0.25) is 6.79 Å². The van der Waals surface area contributed by atoms with Crippen molar-refractivity contribution in [3.8, 4) is 11.5 Å². The molecule has 0 spiro atoms. The zero-order valence-corrected chi connectivity index (χ0v) is 19.7. The Morgan fingerprint density at radius 1 is 0.912 bits per heavy atom. The van der Waals surface area contributed by atoms with Gasteiger partial charge in [-0.05, 0) is 72.2 Å². The number of benzene rings is 3. The van der Waals surface area contributed by atoms with Crippen molar-refractivity contribution < 1.29 is 14.3 Å². The van der Waals surface area contributed by atoms with Crippen molar-refractivity contribution in [3.05, 3.63) is 71.3 Å². The van der Waals surface area contributed by atoms with E-state index >= 15 is 0 Å². The molecule has 1 amide bonds. The molecule has 3 aromatic carbocycles. The van der Waals surface area contributed by atoms with Crippen LogP contribution < -0.4 is 9.47 Å². The van der Waals surface area contributed by atoms with Gasteiger partial charge >= 0.3 is 0 Å². The smallest absolute Gasteiger partial charge is 0.254 e. The average Bonchev–Trinajstić information content (AvgIpc) is 3.21. The maximum absolute atomic E-state index is 13.3. The number of amides is 1. The summed E-state index contributed by atoms with van der Waals surface area (Å²) in [6, 6.07) is 19.3. The number of fused-ring (bicyclic) bond motifs is 3. The Bertz CT molecular complexity index is 1210. The summed E-state index contributed by atoms with van der Waals surface area (Å²) in [4.78, 5) is 18.0. The Labute approximate surface area is 201 Å². The molecule has 0 N–H and O–H groups in total. The van der Waals surface area contributed by atoms with Crippen LogP contribution in [-0.2, 0) is 12.8 Å². The third kappa shape index (κ3) is 4.37. The van der Waals surface area contributed by atoms with Gasteiger partial charge in [-0.15, -0.1) is 0 Å². The van der Waals surface area contributed by atoms with Gasteiger partial charge in [-0.25, -0.2) is 0 Å². The minimum absolute atomic E-state index is 0.145. The number of hydrogen-bond acceptors (Lipinski definition) is 4. The molecule has 176 valence electrons. The number of ether oxygens (including phenoxy) is 2. The second-order valence-corrected chi connectivity index (χ2v) is 9.96. The number of hydrogen-bond donors (Lipinski definition) is 0. The molecule has 1 unspecified atom stereocenters. The molecular weight excluding hydrogens is 424 g/mol. The Kier molecular flexibility index (Phi) is 5.88. The number of carbonyl (C=O) groups is 1. The zero-order valence-electron chi connectivity index (χ0n) is 19.7. The summed E-state index contributed by atoms with van der Waals surface area (Å²) < 4.78 is 11.0. The molecule has 6 rings (SSSR count). The van der Waals surface area contributed by atoms with Crippen molar-refractivity contribution in [2.24, 2.45) is 5.92 Å². The number of carbonyl (C=O) groups excluding carboxylic acids is 1. The zero-order chi connectivity index (χ0) is 22.9. The molecule has 5 nitrogen and oxygen atoms in total. The van der Waals surface area contributed by atoms with Crippen LogP contribution in [-0.4, -0.2) is 55.2 Å². The Balaban J connectivity index is 1.09. The predicted molar refractivity (Wildman–Crippen MR) is 134 cm³/mol. The first-order chi connectivity index (χ1) is 16.7. The van der Waals surface area contributed by atoms with E-state index in [1.807, 2.05) is 12.1 Å². The average molecular weight is 457 g/mol. The fourth-order valence-corrected chi connectivity index (χ4v) is 5.75. The quantitative estimate of drug-likeness (QED) is 0.547. The number of likely N-dealkylation sites (tertiary alicyclic amines) is 1. The summed E-state index contributed by atoms with van der Waals surface area (Å²) in [6.07, 6.45) is 5.64. The lowest BCUT2D eigenvalue weighted by atomic mass is 9.95. The minimum atomic E-state index is 0.145. The van der Waals surface area contributed by atoms with Crippen molar-refractivity contribution in [3.63, 3.8) is 0 Å². The minimum Gasteiger partial charge on any atom is -0.454 e. The van der Waals surface area contributed by atoms with Crippen LogP contribution in [0.25, 0.3) is 10.8 Å². The molecule has 1 saturated heterocycles. The summed E-state index contributed by atoms with van der Waals surface area (Å²) in [6.45, 7) is 5.19. The fraction of sp³-hybridized carbons (Fsp3) is 0.414. The largest absolute Gasteiger partial charge is 0.454 e. The molecular formula is C29H32N2O3. The standard InChI is InChI=1S/C29H32N2O3/c32-29-26-17-28-27(33-20-34-28)16-25(26)11-14-31(29)19-22-5-3-4-12-30(18-22)13-10-21-8-9-23-6-1-2-7-24(23)15-21/h1-2,6-9,15-17,22H,3-5,10-14,18-20H2. The molecule has 0 radical (unpaired) electrons. The molecule has 1 fully saturated rings. The topological polar surface area (TPSA) is 42.0 Å². The van der Waals surface area contributed by atoms with E-state index in [2.05, 4.69) is 52.3 Å². The van der Waals surface area contributed by atoms with Crippen LogP contribution in [0.3, 0.4) is 0 Å².